The monoisotopic (exact) mass is 384 g/mol. The highest BCUT2D eigenvalue weighted by molar-refractivity contribution is 5.91. The Kier molecular flexibility index (Phi) is 18.4. The van der Waals surface area contributed by atoms with Gasteiger partial charge in [-0.2, -0.15) is 0 Å². The van der Waals surface area contributed by atoms with Crippen LogP contribution in [0.1, 0.15) is 6.42 Å². The Bertz CT molecular complexity index is 475. The van der Waals surface area contributed by atoms with E-state index in [0.717, 1.165) is 12.2 Å². The average Bonchev–Trinajstić information content (AvgIpc) is 2.66. The van der Waals surface area contributed by atoms with Gasteiger partial charge in [0.2, 0.25) is 11.8 Å². The van der Waals surface area contributed by atoms with E-state index in [9.17, 15) is 14.4 Å². The minimum atomic E-state index is -0.416. The highest BCUT2D eigenvalue weighted by atomic mass is 16.6. The minimum absolute atomic E-state index is 0.150. The van der Waals surface area contributed by atoms with Crippen LogP contribution in [0.3, 0.4) is 0 Å². The van der Waals surface area contributed by atoms with E-state index in [2.05, 4.69) is 16.6 Å². The number of hydrogen-bond acceptors (Lipinski definition) is 7. The van der Waals surface area contributed by atoms with Crippen LogP contribution in [0, 0.1) is 12.3 Å². The molecular formula is C18H28N2O7. The van der Waals surface area contributed by atoms with Gasteiger partial charge in [0.05, 0.1) is 46.2 Å². The Morgan fingerprint density at radius 2 is 1.44 bits per heavy atom. The number of carbonyl (C=O) groups excluding carboxylic acids is 3. The molecule has 0 aliphatic carbocycles. The molecule has 0 unspecified atom stereocenters. The quantitative estimate of drug-likeness (QED) is 0.136. The van der Waals surface area contributed by atoms with E-state index < -0.39 is 5.91 Å². The molecular weight excluding hydrogens is 356 g/mol. The van der Waals surface area contributed by atoms with Crippen molar-refractivity contribution in [2.75, 3.05) is 65.9 Å². The molecule has 0 aliphatic heterocycles. The van der Waals surface area contributed by atoms with Crippen LogP contribution in [-0.2, 0) is 33.3 Å². The Balaban J connectivity index is 3.26. The van der Waals surface area contributed by atoms with Crippen LogP contribution in [-0.4, -0.2) is 84.0 Å². The van der Waals surface area contributed by atoms with Gasteiger partial charge in [0, 0.05) is 25.6 Å². The second kappa shape index (κ2) is 20.1. The molecule has 0 bridgehead atoms. The molecule has 9 heteroatoms. The van der Waals surface area contributed by atoms with Gasteiger partial charge in [-0.3, -0.25) is 14.4 Å². The largest absolute Gasteiger partial charge is 0.377 e. The number of nitrogens with one attached hydrogen (secondary N) is 2. The van der Waals surface area contributed by atoms with Crippen LogP contribution in [0.4, 0.5) is 0 Å². The molecule has 0 saturated heterocycles. The molecule has 0 radical (unpaired) electrons. The van der Waals surface area contributed by atoms with Crippen molar-refractivity contribution in [3.05, 3.63) is 12.2 Å². The lowest BCUT2D eigenvalue weighted by Crippen LogP contribution is -2.31. The predicted molar refractivity (Wildman–Crippen MR) is 97.9 cm³/mol. The number of rotatable bonds is 18. The molecule has 9 nitrogen and oxygen atoms in total. The van der Waals surface area contributed by atoms with Crippen molar-refractivity contribution in [2.24, 2.45) is 0 Å². The van der Waals surface area contributed by atoms with Gasteiger partial charge in [-0.25, -0.2) is 0 Å². The number of amides is 2. The van der Waals surface area contributed by atoms with E-state index in [1.54, 1.807) is 0 Å². The Morgan fingerprint density at radius 1 is 0.852 bits per heavy atom. The molecule has 2 N–H and O–H groups in total. The highest BCUT2D eigenvalue weighted by Crippen LogP contribution is 1.83. The predicted octanol–water partition coefficient (Wildman–Crippen LogP) is -0.936. The number of ether oxygens (including phenoxy) is 4. The number of terminal acetylenes is 1. The van der Waals surface area contributed by atoms with E-state index in [-0.39, 0.29) is 25.5 Å². The van der Waals surface area contributed by atoms with Gasteiger partial charge in [-0.15, -0.1) is 6.42 Å². The van der Waals surface area contributed by atoms with Crippen LogP contribution in [0.5, 0.6) is 0 Å². The van der Waals surface area contributed by atoms with Crippen molar-refractivity contribution in [1.82, 2.24) is 10.6 Å². The van der Waals surface area contributed by atoms with Crippen molar-refractivity contribution in [1.29, 1.82) is 0 Å². The van der Waals surface area contributed by atoms with Gasteiger partial charge in [0.1, 0.15) is 12.9 Å². The zero-order valence-electron chi connectivity index (χ0n) is 15.4. The van der Waals surface area contributed by atoms with E-state index in [1.165, 1.54) is 0 Å². The lowest BCUT2D eigenvalue weighted by Gasteiger charge is -2.08. The molecule has 2 amide bonds. The third-order valence-corrected chi connectivity index (χ3v) is 2.85. The molecule has 0 aromatic rings. The first-order chi connectivity index (χ1) is 13.2. The second-order valence-corrected chi connectivity index (χ2v) is 4.98. The van der Waals surface area contributed by atoms with E-state index in [1.807, 2.05) is 0 Å². The van der Waals surface area contributed by atoms with Crippen LogP contribution in [0.15, 0.2) is 12.2 Å². The lowest BCUT2D eigenvalue weighted by atomic mass is 10.4. The maximum atomic E-state index is 11.5. The van der Waals surface area contributed by atoms with Gasteiger partial charge in [-0.05, 0) is 6.08 Å². The van der Waals surface area contributed by atoms with Crippen LogP contribution < -0.4 is 10.6 Å². The molecule has 0 atom stereocenters. The van der Waals surface area contributed by atoms with Gasteiger partial charge in [-0.1, -0.05) is 5.92 Å². The summed E-state index contributed by atoms with van der Waals surface area (Å²) < 4.78 is 20.9. The standard InChI is InChI=1S/C18H28N2O7/c1-2-9-24-11-13-26-15-16-27-14-12-25-10-7-20-18(23)5-6-19-17(22)4-3-8-21/h1,3-4,8H,5-7,9-16H2,(H,19,22)(H,20,23)/b4-3-. The fraction of sp³-hybridized carbons (Fsp3) is 0.611. The molecule has 0 spiro atoms. The van der Waals surface area contributed by atoms with Crippen molar-refractivity contribution in [2.45, 2.75) is 6.42 Å². The molecule has 0 fully saturated rings. The Hall–Kier alpha value is -2.25. The number of carbonyl (C=O) groups is 3. The normalized spacial score (nSPS) is 10.5. The van der Waals surface area contributed by atoms with Crippen LogP contribution in [0.25, 0.3) is 0 Å². The summed E-state index contributed by atoms with van der Waals surface area (Å²) in [5, 5.41) is 5.15. The number of aldehydes is 1. The third-order valence-electron chi connectivity index (χ3n) is 2.85. The van der Waals surface area contributed by atoms with Crippen LogP contribution in [0.2, 0.25) is 0 Å². The topological polar surface area (TPSA) is 112 Å². The Morgan fingerprint density at radius 3 is 2.04 bits per heavy atom. The molecule has 0 aromatic heterocycles. The summed E-state index contributed by atoms with van der Waals surface area (Å²) >= 11 is 0. The Labute approximate surface area is 159 Å². The van der Waals surface area contributed by atoms with E-state index in [0.29, 0.717) is 59.1 Å². The highest BCUT2D eigenvalue weighted by Gasteiger charge is 2.01. The molecule has 0 rings (SSSR count). The first-order valence-corrected chi connectivity index (χ1v) is 8.61. The summed E-state index contributed by atoms with van der Waals surface area (Å²) in [4.78, 5) is 32.7. The molecule has 27 heavy (non-hydrogen) atoms. The molecule has 0 aliphatic rings. The van der Waals surface area contributed by atoms with Crippen molar-refractivity contribution in [3.8, 4) is 12.3 Å². The first-order valence-electron chi connectivity index (χ1n) is 8.61. The summed E-state index contributed by atoms with van der Waals surface area (Å²) in [5.41, 5.74) is 0. The van der Waals surface area contributed by atoms with Gasteiger partial charge in [0.15, 0.2) is 0 Å². The van der Waals surface area contributed by atoms with E-state index >= 15 is 0 Å². The van der Waals surface area contributed by atoms with Crippen molar-refractivity contribution < 1.29 is 33.3 Å². The zero-order valence-corrected chi connectivity index (χ0v) is 15.4. The first kappa shape index (κ1) is 24.8. The second-order valence-electron chi connectivity index (χ2n) is 4.98. The van der Waals surface area contributed by atoms with Crippen molar-refractivity contribution >= 4 is 18.1 Å². The minimum Gasteiger partial charge on any atom is -0.377 e. The summed E-state index contributed by atoms with van der Waals surface area (Å²) in [6.45, 7) is 3.94. The zero-order chi connectivity index (χ0) is 20.0. The molecule has 0 aromatic carbocycles. The average molecular weight is 384 g/mol. The summed E-state index contributed by atoms with van der Waals surface area (Å²) in [7, 11) is 0. The number of hydrogen-bond donors (Lipinski definition) is 2. The summed E-state index contributed by atoms with van der Waals surface area (Å²) in [6.07, 6.45) is 7.87. The summed E-state index contributed by atoms with van der Waals surface area (Å²) in [6, 6.07) is 0. The maximum absolute atomic E-state index is 11.5. The molecule has 152 valence electrons. The third kappa shape index (κ3) is 19.9. The van der Waals surface area contributed by atoms with Gasteiger partial charge < -0.3 is 29.6 Å². The fourth-order valence-electron chi connectivity index (χ4n) is 1.63. The van der Waals surface area contributed by atoms with Crippen LogP contribution >= 0.6 is 0 Å². The van der Waals surface area contributed by atoms with Crippen molar-refractivity contribution in [3.63, 3.8) is 0 Å². The molecule has 0 heterocycles. The van der Waals surface area contributed by atoms with E-state index in [4.69, 9.17) is 25.4 Å². The van der Waals surface area contributed by atoms with Gasteiger partial charge >= 0.3 is 0 Å². The lowest BCUT2D eigenvalue weighted by molar-refractivity contribution is -0.121. The maximum Gasteiger partial charge on any atom is 0.244 e. The SMILES string of the molecule is C#CCOCCOCCOCCOCCNC(=O)CCNC(=O)/C=C\C=O. The number of allylic oxidation sites excluding steroid dienone is 1. The smallest absolute Gasteiger partial charge is 0.244 e. The molecule has 0 saturated carbocycles. The van der Waals surface area contributed by atoms with Gasteiger partial charge in [0.25, 0.3) is 0 Å². The summed E-state index contributed by atoms with van der Waals surface area (Å²) in [5.74, 6) is 1.75. The fourth-order valence-corrected chi connectivity index (χ4v) is 1.63.